The number of carbonyl (C=O) groups is 7. The average Bonchev–Trinajstić information content (AvgIpc) is 3.70. The van der Waals surface area contributed by atoms with Crippen molar-refractivity contribution in [1.82, 2.24) is 41.9 Å². The Morgan fingerprint density at radius 2 is 1.25 bits per heavy atom. The summed E-state index contributed by atoms with van der Waals surface area (Å²) in [6.07, 6.45) is 2.53. The molecule has 0 aliphatic heterocycles. The van der Waals surface area contributed by atoms with Gasteiger partial charge in [-0.25, -0.2) is 9.78 Å². The van der Waals surface area contributed by atoms with Gasteiger partial charge in [0.1, 0.15) is 42.0 Å². The van der Waals surface area contributed by atoms with Crippen molar-refractivity contribution in [3.63, 3.8) is 0 Å². The number of carboxylic acid groups (broad SMARTS) is 1. The number of aromatic amines is 1. The number of aromatic nitrogens is 2. The van der Waals surface area contributed by atoms with Crippen LogP contribution in [-0.4, -0.2) is 133 Å². The lowest BCUT2D eigenvalue weighted by Crippen LogP contribution is -2.62. The number of phenols is 1. The minimum Gasteiger partial charge on any atom is -0.508 e. The number of rotatable bonds is 26. The number of aromatic hydroxyl groups is 1. The van der Waals surface area contributed by atoms with Crippen LogP contribution in [0.15, 0.2) is 36.8 Å². The average molecular weight is 847 g/mol. The zero-order valence-corrected chi connectivity index (χ0v) is 34.6. The Bertz CT molecular complexity index is 1710. The summed E-state index contributed by atoms with van der Waals surface area (Å²) >= 11 is 0. The van der Waals surface area contributed by atoms with E-state index >= 15 is 0 Å². The standard InChI is InChI=1S/C39H62N10O11/c1-20(2)14-29(39(59)60)46-34(54)28(16-24-17-42-19-43-24)44-36(56)30(18-50)47-37(57)31(21(3)4)48-35(55)27(15-23-9-11-25(52)12-10-23)45-38(58)32(22(5)51)49-33(53)26(41)8-6-7-13-40/h9-12,17,19-22,26-32,50-52H,6-8,13-16,18,40-41H2,1-5H3,(H,42,43)(H,44,56)(H,45,58)(H,46,54)(H,47,57)(H,48,55)(H,49,53)(H,59,60)/t22-,26+,27+,28+,29+,30+,31+,32+/m1/s1. The Morgan fingerprint density at radius 3 is 1.78 bits per heavy atom. The second-order valence-corrected chi connectivity index (χ2v) is 15.4. The van der Waals surface area contributed by atoms with E-state index in [0.717, 1.165) is 0 Å². The van der Waals surface area contributed by atoms with Gasteiger partial charge in [-0.2, -0.15) is 0 Å². The molecule has 0 saturated carbocycles. The van der Waals surface area contributed by atoms with Crippen molar-refractivity contribution in [2.24, 2.45) is 23.3 Å². The molecule has 0 fully saturated rings. The molecule has 0 spiro atoms. The van der Waals surface area contributed by atoms with Crippen LogP contribution in [0.25, 0.3) is 0 Å². The molecule has 334 valence electrons. The van der Waals surface area contributed by atoms with Crippen LogP contribution in [0.2, 0.25) is 0 Å². The highest BCUT2D eigenvalue weighted by atomic mass is 16.4. The van der Waals surface area contributed by atoms with Gasteiger partial charge in [-0.15, -0.1) is 0 Å². The van der Waals surface area contributed by atoms with Crippen molar-refractivity contribution in [3.8, 4) is 5.75 Å². The summed E-state index contributed by atoms with van der Waals surface area (Å²) in [7, 11) is 0. The van der Waals surface area contributed by atoms with E-state index in [1.54, 1.807) is 27.7 Å². The fraction of sp³-hybridized carbons (Fsp3) is 0.590. The van der Waals surface area contributed by atoms with Crippen molar-refractivity contribution in [1.29, 1.82) is 0 Å². The predicted octanol–water partition coefficient (Wildman–Crippen LogP) is -2.57. The number of carboxylic acids is 1. The number of hydrogen-bond acceptors (Lipinski definition) is 13. The number of aliphatic hydroxyl groups excluding tert-OH is 2. The molecule has 0 radical (unpaired) electrons. The quantitative estimate of drug-likeness (QED) is 0.0433. The van der Waals surface area contributed by atoms with Crippen molar-refractivity contribution >= 4 is 41.4 Å². The van der Waals surface area contributed by atoms with E-state index in [9.17, 15) is 54.0 Å². The van der Waals surface area contributed by atoms with Crippen molar-refractivity contribution in [3.05, 3.63) is 48.0 Å². The molecule has 60 heavy (non-hydrogen) atoms. The Hall–Kier alpha value is -5.64. The Balaban J connectivity index is 2.30. The van der Waals surface area contributed by atoms with Gasteiger partial charge in [0.05, 0.1) is 25.1 Å². The van der Waals surface area contributed by atoms with Gasteiger partial charge >= 0.3 is 5.97 Å². The smallest absolute Gasteiger partial charge is 0.326 e. The number of imidazole rings is 1. The molecule has 0 saturated heterocycles. The van der Waals surface area contributed by atoms with Gasteiger partial charge in [0.2, 0.25) is 35.4 Å². The number of unbranched alkanes of at least 4 members (excludes halogenated alkanes) is 1. The Labute approximate surface area is 348 Å². The fourth-order valence-corrected chi connectivity index (χ4v) is 5.95. The van der Waals surface area contributed by atoms with Gasteiger partial charge in [-0.05, 0) is 62.3 Å². The molecular formula is C39H62N10O11. The van der Waals surface area contributed by atoms with Crippen molar-refractivity contribution < 1.29 is 54.0 Å². The lowest BCUT2D eigenvalue weighted by atomic mass is 10.00. The first-order valence-corrected chi connectivity index (χ1v) is 19.8. The van der Waals surface area contributed by atoms with Gasteiger partial charge in [-0.3, -0.25) is 28.8 Å². The van der Waals surface area contributed by atoms with E-state index in [4.69, 9.17) is 11.5 Å². The number of benzene rings is 1. The van der Waals surface area contributed by atoms with Crippen LogP contribution in [0.5, 0.6) is 5.75 Å². The summed E-state index contributed by atoms with van der Waals surface area (Å²) in [5, 5.41) is 54.9. The third-order valence-corrected chi connectivity index (χ3v) is 9.37. The second kappa shape index (κ2) is 25.1. The predicted molar refractivity (Wildman–Crippen MR) is 217 cm³/mol. The fourth-order valence-electron chi connectivity index (χ4n) is 5.95. The number of aliphatic hydroxyl groups is 2. The Morgan fingerprint density at radius 1 is 0.717 bits per heavy atom. The van der Waals surface area contributed by atoms with Crippen LogP contribution in [0.1, 0.15) is 71.6 Å². The summed E-state index contributed by atoms with van der Waals surface area (Å²) < 4.78 is 0. The first kappa shape index (κ1) is 50.5. The summed E-state index contributed by atoms with van der Waals surface area (Å²) in [4.78, 5) is 99.5. The van der Waals surface area contributed by atoms with E-state index in [2.05, 4.69) is 41.9 Å². The molecule has 1 aromatic carbocycles. The molecule has 21 heteroatoms. The molecule has 0 unspecified atom stereocenters. The lowest BCUT2D eigenvalue weighted by Gasteiger charge is -2.29. The van der Waals surface area contributed by atoms with Crippen LogP contribution >= 0.6 is 0 Å². The molecule has 2 rings (SSSR count). The molecule has 6 amide bonds. The number of hydrogen-bond donors (Lipinski definition) is 13. The first-order valence-electron chi connectivity index (χ1n) is 19.8. The number of carbonyl (C=O) groups excluding carboxylic acids is 6. The van der Waals surface area contributed by atoms with E-state index in [0.29, 0.717) is 30.6 Å². The number of nitrogens with two attached hydrogens (primary N) is 2. The van der Waals surface area contributed by atoms with E-state index in [1.165, 1.54) is 43.7 Å². The molecule has 15 N–H and O–H groups in total. The lowest BCUT2D eigenvalue weighted by molar-refractivity contribution is -0.143. The molecule has 21 nitrogen and oxygen atoms in total. The largest absolute Gasteiger partial charge is 0.508 e. The molecule has 2 aromatic rings. The first-order chi connectivity index (χ1) is 28.3. The monoisotopic (exact) mass is 846 g/mol. The van der Waals surface area contributed by atoms with Crippen LogP contribution in [0.4, 0.5) is 0 Å². The van der Waals surface area contributed by atoms with Crippen LogP contribution in [-0.2, 0) is 46.4 Å². The van der Waals surface area contributed by atoms with E-state index in [1.807, 2.05) is 0 Å². The third-order valence-electron chi connectivity index (χ3n) is 9.37. The van der Waals surface area contributed by atoms with Gasteiger partial charge in [-0.1, -0.05) is 46.2 Å². The minimum absolute atomic E-state index is 0.0636. The highest BCUT2D eigenvalue weighted by Crippen LogP contribution is 2.13. The highest BCUT2D eigenvalue weighted by molar-refractivity contribution is 5.97. The number of phenolic OH excluding ortho intramolecular Hbond substituents is 1. The van der Waals surface area contributed by atoms with Gasteiger partial charge in [0.15, 0.2) is 0 Å². The maximum Gasteiger partial charge on any atom is 0.326 e. The molecular weight excluding hydrogens is 784 g/mol. The van der Waals surface area contributed by atoms with Crippen molar-refractivity contribution in [2.75, 3.05) is 13.2 Å². The highest BCUT2D eigenvalue weighted by Gasteiger charge is 2.35. The summed E-state index contributed by atoms with van der Waals surface area (Å²) in [6.45, 7) is 7.45. The van der Waals surface area contributed by atoms with Crippen LogP contribution < -0.4 is 43.4 Å². The number of amides is 6. The molecule has 0 aliphatic rings. The number of nitrogens with one attached hydrogen (secondary N) is 7. The normalized spacial score (nSPS) is 15.3. The molecule has 8 atom stereocenters. The zero-order valence-electron chi connectivity index (χ0n) is 34.6. The second-order valence-electron chi connectivity index (χ2n) is 15.4. The van der Waals surface area contributed by atoms with Crippen molar-refractivity contribution in [2.45, 2.75) is 122 Å². The maximum atomic E-state index is 13.9. The minimum atomic E-state index is -1.65. The molecule has 0 aliphatic carbocycles. The van der Waals surface area contributed by atoms with Gasteiger partial charge in [0, 0.05) is 24.7 Å². The van der Waals surface area contributed by atoms with Gasteiger partial charge < -0.3 is 68.8 Å². The van der Waals surface area contributed by atoms with Crippen LogP contribution in [0, 0.1) is 11.8 Å². The van der Waals surface area contributed by atoms with Gasteiger partial charge in [0.25, 0.3) is 0 Å². The molecule has 1 aromatic heterocycles. The topological polar surface area (TPSA) is 353 Å². The molecule has 0 bridgehead atoms. The molecule has 1 heterocycles. The van der Waals surface area contributed by atoms with E-state index in [-0.39, 0.29) is 37.4 Å². The summed E-state index contributed by atoms with van der Waals surface area (Å²) in [6, 6.07) is -3.89. The van der Waals surface area contributed by atoms with Crippen LogP contribution in [0.3, 0.4) is 0 Å². The third kappa shape index (κ3) is 16.9. The number of nitrogens with zero attached hydrogens (tertiary/aromatic N) is 1. The summed E-state index contributed by atoms with van der Waals surface area (Å²) in [5.74, 6) is -7.37. The summed E-state index contributed by atoms with van der Waals surface area (Å²) in [5.41, 5.74) is 12.4. The maximum absolute atomic E-state index is 13.9. The Kier molecular flexibility index (Phi) is 21.1. The zero-order chi connectivity index (χ0) is 45.1. The number of aliphatic carboxylic acids is 1. The SMILES string of the molecule is CC(C)C[C@H](NC(=O)[C@H](Cc1cnc[nH]1)NC(=O)[C@H](CO)NC(=O)[C@@H](NC(=O)[C@H](Cc1ccc(O)cc1)NC(=O)[C@@H](NC(=O)[C@@H](N)CCCCN)[C@@H](C)O)C(C)C)C(=O)O. The number of H-pyrrole nitrogens is 1. The van der Waals surface area contributed by atoms with E-state index < -0.39 is 102 Å².